The van der Waals surface area contributed by atoms with Gasteiger partial charge in [-0.3, -0.25) is 9.59 Å². The molecule has 0 fully saturated rings. The molecule has 1 atom stereocenters. The molecule has 3 rings (SSSR count). The van der Waals surface area contributed by atoms with Crippen molar-refractivity contribution in [2.24, 2.45) is 5.92 Å². The van der Waals surface area contributed by atoms with Gasteiger partial charge in [0, 0.05) is 24.4 Å². The van der Waals surface area contributed by atoms with Crippen molar-refractivity contribution in [2.75, 3.05) is 19.6 Å². The third-order valence-electron chi connectivity index (χ3n) is 5.73. The Morgan fingerprint density at radius 3 is 2.66 bits per heavy atom. The van der Waals surface area contributed by atoms with Crippen molar-refractivity contribution in [3.63, 3.8) is 0 Å². The molecule has 156 valence electrons. The molecule has 0 aliphatic carbocycles. The summed E-state index contributed by atoms with van der Waals surface area (Å²) in [4.78, 5) is 31.0. The van der Waals surface area contributed by atoms with Gasteiger partial charge in [0.2, 0.25) is 11.8 Å². The van der Waals surface area contributed by atoms with Gasteiger partial charge in [-0.1, -0.05) is 45.0 Å². The van der Waals surface area contributed by atoms with E-state index in [1.807, 2.05) is 24.0 Å². The van der Waals surface area contributed by atoms with E-state index in [1.54, 1.807) is 16.2 Å². The Morgan fingerprint density at radius 2 is 1.97 bits per heavy atom. The minimum absolute atomic E-state index is 0.0423. The standard InChI is InChI=1S/C24H32N2O2S/c1-5-22(27)25(13-10-17(2)3)16-23(28)26-14-11-21-20(12-15-29-21)24(26)19-9-7-6-8-18(19)4/h6-9,12,15,17,24H,5,10-11,13-14,16H2,1-4H3/t24-/m1/s1. The molecule has 1 aliphatic rings. The van der Waals surface area contributed by atoms with E-state index in [2.05, 4.69) is 44.4 Å². The van der Waals surface area contributed by atoms with E-state index >= 15 is 0 Å². The average Bonchev–Trinajstić information content (AvgIpc) is 3.19. The molecule has 5 heteroatoms. The molecular formula is C24H32N2O2S. The first kappa shape index (κ1) is 21.6. The quantitative estimate of drug-likeness (QED) is 0.654. The average molecular weight is 413 g/mol. The molecule has 4 nitrogen and oxygen atoms in total. The Morgan fingerprint density at radius 1 is 1.21 bits per heavy atom. The molecule has 2 amide bonds. The molecule has 0 radical (unpaired) electrons. The normalized spacial score (nSPS) is 16.0. The first-order valence-corrected chi connectivity index (χ1v) is 11.5. The summed E-state index contributed by atoms with van der Waals surface area (Å²) in [6.45, 7) is 9.77. The zero-order chi connectivity index (χ0) is 21.0. The minimum atomic E-state index is -0.0672. The van der Waals surface area contributed by atoms with Crippen LogP contribution in [0.4, 0.5) is 0 Å². The van der Waals surface area contributed by atoms with Crippen LogP contribution in [0.5, 0.6) is 0 Å². The zero-order valence-corrected chi connectivity index (χ0v) is 18.8. The van der Waals surface area contributed by atoms with Crippen LogP contribution in [0.15, 0.2) is 35.7 Å². The van der Waals surface area contributed by atoms with Gasteiger partial charge in [-0.15, -0.1) is 11.3 Å². The number of hydrogen-bond donors (Lipinski definition) is 0. The number of nitrogens with zero attached hydrogens (tertiary/aromatic N) is 2. The maximum atomic E-state index is 13.4. The van der Waals surface area contributed by atoms with E-state index < -0.39 is 0 Å². The van der Waals surface area contributed by atoms with Crippen LogP contribution in [0.3, 0.4) is 0 Å². The number of benzene rings is 1. The highest BCUT2D eigenvalue weighted by atomic mass is 32.1. The highest BCUT2D eigenvalue weighted by Crippen LogP contribution is 2.39. The van der Waals surface area contributed by atoms with E-state index in [-0.39, 0.29) is 24.4 Å². The molecule has 2 heterocycles. The first-order valence-electron chi connectivity index (χ1n) is 10.6. The molecule has 1 aromatic carbocycles. The van der Waals surface area contributed by atoms with Crippen LogP contribution < -0.4 is 0 Å². The monoisotopic (exact) mass is 412 g/mol. The van der Waals surface area contributed by atoms with Gasteiger partial charge in [-0.25, -0.2) is 0 Å². The van der Waals surface area contributed by atoms with Crippen molar-refractivity contribution < 1.29 is 9.59 Å². The van der Waals surface area contributed by atoms with Crippen molar-refractivity contribution in [2.45, 2.75) is 53.0 Å². The van der Waals surface area contributed by atoms with Gasteiger partial charge in [-0.2, -0.15) is 0 Å². The van der Waals surface area contributed by atoms with Crippen LogP contribution in [-0.2, 0) is 16.0 Å². The smallest absolute Gasteiger partial charge is 0.242 e. The van der Waals surface area contributed by atoms with Gasteiger partial charge in [0.25, 0.3) is 0 Å². The Hall–Kier alpha value is -2.14. The van der Waals surface area contributed by atoms with Crippen LogP contribution in [-0.4, -0.2) is 41.2 Å². The van der Waals surface area contributed by atoms with Crippen LogP contribution in [0.2, 0.25) is 0 Å². The van der Waals surface area contributed by atoms with E-state index in [0.717, 1.165) is 12.8 Å². The van der Waals surface area contributed by atoms with E-state index in [1.165, 1.54) is 21.6 Å². The summed E-state index contributed by atoms with van der Waals surface area (Å²) in [5, 5.41) is 2.12. The fraction of sp³-hybridized carbons (Fsp3) is 0.500. The number of rotatable bonds is 7. The second-order valence-corrected chi connectivity index (χ2v) is 9.25. The van der Waals surface area contributed by atoms with Gasteiger partial charge >= 0.3 is 0 Å². The van der Waals surface area contributed by atoms with Crippen LogP contribution in [0, 0.1) is 12.8 Å². The van der Waals surface area contributed by atoms with Crippen LogP contribution in [0.1, 0.15) is 61.2 Å². The summed E-state index contributed by atoms with van der Waals surface area (Å²) in [6, 6.07) is 10.4. The SMILES string of the molecule is CCC(=O)N(CCC(C)C)CC(=O)N1CCc2sccc2[C@H]1c1ccccc1C. The first-order chi connectivity index (χ1) is 13.9. The van der Waals surface area contributed by atoms with E-state index in [9.17, 15) is 9.59 Å². The van der Waals surface area contributed by atoms with Gasteiger partial charge < -0.3 is 9.80 Å². The Balaban J connectivity index is 1.88. The molecule has 0 bridgehead atoms. The largest absolute Gasteiger partial charge is 0.333 e. The Kier molecular flexibility index (Phi) is 7.12. The van der Waals surface area contributed by atoms with E-state index in [4.69, 9.17) is 0 Å². The number of carbonyl (C=O) groups is 2. The minimum Gasteiger partial charge on any atom is -0.333 e. The fourth-order valence-corrected chi connectivity index (χ4v) is 4.90. The number of carbonyl (C=O) groups excluding carboxylic acids is 2. The maximum Gasteiger partial charge on any atom is 0.242 e. The molecule has 2 aromatic rings. The summed E-state index contributed by atoms with van der Waals surface area (Å²) in [7, 11) is 0. The van der Waals surface area contributed by atoms with Crippen molar-refractivity contribution in [1.82, 2.24) is 9.80 Å². The topological polar surface area (TPSA) is 40.6 Å². The lowest BCUT2D eigenvalue weighted by molar-refractivity contribution is -0.141. The van der Waals surface area contributed by atoms with Gasteiger partial charge in [0.15, 0.2) is 0 Å². The van der Waals surface area contributed by atoms with Crippen molar-refractivity contribution in [3.05, 3.63) is 57.3 Å². The summed E-state index contributed by atoms with van der Waals surface area (Å²) in [5.41, 5.74) is 3.60. The predicted octanol–water partition coefficient (Wildman–Crippen LogP) is 4.82. The lowest BCUT2D eigenvalue weighted by atomic mass is 9.90. The summed E-state index contributed by atoms with van der Waals surface area (Å²) < 4.78 is 0. The number of aryl methyl sites for hydroxylation is 1. The number of fused-ring (bicyclic) bond motifs is 1. The molecule has 0 N–H and O–H groups in total. The Bertz CT molecular complexity index is 858. The summed E-state index contributed by atoms with van der Waals surface area (Å²) >= 11 is 1.77. The molecule has 0 spiro atoms. The molecule has 0 saturated heterocycles. The second-order valence-electron chi connectivity index (χ2n) is 8.25. The summed E-state index contributed by atoms with van der Waals surface area (Å²) in [6.07, 6.45) is 2.23. The molecule has 1 aromatic heterocycles. The maximum absolute atomic E-state index is 13.4. The van der Waals surface area contributed by atoms with Crippen molar-refractivity contribution in [3.8, 4) is 0 Å². The van der Waals surface area contributed by atoms with Crippen molar-refractivity contribution in [1.29, 1.82) is 0 Å². The predicted molar refractivity (Wildman–Crippen MR) is 119 cm³/mol. The highest BCUT2D eigenvalue weighted by molar-refractivity contribution is 7.10. The lowest BCUT2D eigenvalue weighted by Gasteiger charge is -2.38. The second kappa shape index (κ2) is 9.57. The molecule has 0 saturated carbocycles. The molecule has 1 aliphatic heterocycles. The fourth-order valence-electron chi connectivity index (χ4n) is 4.00. The van der Waals surface area contributed by atoms with Crippen molar-refractivity contribution >= 4 is 23.2 Å². The number of hydrogen-bond acceptors (Lipinski definition) is 3. The van der Waals surface area contributed by atoms with Crippen LogP contribution >= 0.6 is 11.3 Å². The van der Waals surface area contributed by atoms with Gasteiger partial charge in [0.05, 0.1) is 12.6 Å². The van der Waals surface area contributed by atoms with Gasteiger partial charge in [-0.05, 0) is 53.8 Å². The zero-order valence-electron chi connectivity index (χ0n) is 18.0. The third kappa shape index (κ3) is 4.89. The van der Waals surface area contributed by atoms with Gasteiger partial charge in [0.1, 0.15) is 0 Å². The molecule has 29 heavy (non-hydrogen) atoms. The number of amides is 2. The Labute approximate surface area is 178 Å². The van der Waals surface area contributed by atoms with E-state index in [0.29, 0.717) is 25.4 Å². The third-order valence-corrected chi connectivity index (χ3v) is 6.72. The molecule has 0 unspecified atom stereocenters. The van der Waals surface area contributed by atoms with Crippen LogP contribution in [0.25, 0.3) is 0 Å². The molecular weight excluding hydrogens is 380 g/mol. The summed E-state index contributed by atoms with van der Waals surface area (Å²) in [5.74, 6) is 0.598. The lowest BCUT2D eigenvalue weighted by Crippen LogP contribution is -2.47. The highest BCUT2D eigenvalue weighted by Gasteiger charge is 2.34. The number of thiophene rings is 1.